The van der Waals surface area contributed by atoms with Crippen LogP contribution in [0.5, 0.6) is 0 Å². The third-order valence-electron chi connectivity index (χ3n) is 2.06. The summed E-state index contributed by atoms with van der Waals surface area (Å²) in [5.74, 6) is 0. The molecule has 0 aliphatic carbocycles. The first-order valence-corrected chi connectivity index (χ1v) is 5.42. The third kappa shape index (κ3) is 2.18. The van der Waals surface area contributed by atoms with Gasteiger partial charge in [0.05, 0.1) is 26.2 Å². The number of rotatable bonds is 1. The van der Waals surface area contributed by atoms with Crippen molar-refractivity contribution in [1.82, 2.24) is 4.31 Å². The molecular formula is C6H11F3N2O2S. The van der Waals surface area contributed by atoms with Gasteiger partial charge >= 0.3 is 15.5 Å². The summed E-state index contributed by atoms with van der Waals surface area (Å²) in [6.07, 6.45) is 0. The van der Waals surface area contributed by atoms with E-state index in [0.717, 1.165) is 4.90 Å². The predicted octanol–water partition coefficient (Wildman–Crippen LogP) is -1.17. The van der Waals surface area contributed by atoms with E-state index >= 15 is 0 Å². The minimum Gasteiger partial charge on any atom is -0.466 e. The summed E-state index contributed by atoms with van der Waals surface area (Å²) in [7, 11) is -1.54. The Balaban J connectivity index is 2.76. The van der Waals surface area contributed by atoms with E-state index in [2.05, 4.69) is 7.05 Å². The fourth-order valence-electron chi connectivity index (χ4n) is 1.19. The lowest BCUT2D eigenvalue weighted by molar-refractivity contribution is -0.857. The highest BCUT2D eigenvalue weighted by Crippen LogP contribution is 2.26. The van der Waals surface area contributed by atoms with Crippen molar-refractivity contribution in [3.05, 3.63) is 7.05 Å². The normalized spacial score (nSPS) is 22.6. The van der Waals surface area contributed by atoms with Gasteiger partial charge in [0.1, 0.15) is 0 Å². The lowest BCUT2D eigenvalue weighted by Crippen LogP contribution is -3.10. The number of halogens is 3. The molecule has 0 aromatic carbocycles. The summed E-state index contributed by atoms with van der Waals surface area (Å²) < 4.78 is 58.4. The Hall–Kier alpha value is -0.340. The summed E-state index contributed by atoms with van der Waals surface area (Å²) in [6, 6.07) is 0. The highest BCUT2D eigenvalue weighted by atomic mass is 32.2. The van der Waals surface area contributed by atoms with E-state index in [1.807, 2.05) is 0 Å². The Bertz CT molecular complexity index is 293. The van der Waals surface area contributed by atoms with E-state index in [0.29, 0.717) is 17.4 Å². The van der Waals surface area contributed by atoms with Gasteiger partial charge in [-0.3, -0.25) is 0 Å². The topological polar surface area (TPSA) is 41.8 Å². The van der Waals surface area contributed by atoms with Crippen LogP contribution < -0.4 is 4.90 Å². The summed E-state index contributed by atoms with van der Waals surface area (Å²) in [6.45, 7) is 0.353. The minimum absolute atomic E-state index is 0.124. The monoisotopic (exact) mass is 232 g/mol. The third-order valence-corrected chi connectivity index (χ3v) is 3.69. The molecule has 1 N–H and O–H groups in total. The molecule has 1 rings (SSSR count). The molecule has 0 aromatic rings. The molecule has 4 nitrogen and oxygen atoms in total. The van der Waals surface area contributed by atoms with Crippen LogP contribution in [0.25, 0.3) is 0 Å². The quantitative estimate of drug-likeness (QED) is 0.579. The molecule has 0 atom stereocenters. The van der Waals surface area contributed by atoms with E-state index in [1.54, 1.807) is 0 Å². The molecule has 84 valence electrons. The van der Waals surface area contributed by atoms with Crippen molar-refractivity contribution in [1.29, 1.82) is 0 Å². The molecule has 1 saturated heterocycles. The zero-order valence-electron chi connectivity index (χ0n) is 7.34. The molecule has 1 fully saturated rings. The van der Waals surface area contributed by atoms with E-state index in [1.165, 1.54) is 0 Å². The second-order valence-corrected chi connectivity index (χ2v) is 5.03. The maximum Gasteiger partial charge on any atom is 0.511 e. The van der Waals surface area contributed by atoms with Gasteiger partial charge in [0, 0.05) is 0 Å². The van der Waals surface area contributed by atoms with E-state index < -0.39 is 15.5 Å². The highest BCUT2D eigenvalue weighted by Gasteiger charge is 2.50. The van der Waals surface area contributed by atoms with Gasteiger partial charge in [-0.15, -0.1) is 0 Å². The SMILES string of the molecule is [CH2-][NH+]1CCN(S(=O)(=O)C(F)(F)F)CC1. The molecule has 1 heterocycles. The molecule has 0 spiro atoms. The minimum atomic E-state index is -5.19. The summed E-state index contributed by atoms with van der Waals surface area (Å²) in [5.41, 5.74) is -5.19. The lowest BCUT2D eigenvalue weighted by atomic mass is 10.4. The molecule has 0 saturated carbocycles. The Labute approximate surface area is 80.3 Å². The maximum atomic E-state index is 12.1. The number of hydrogen-bond acceptors (Lipinski definition) is 2. The average Bonchev–Trinajstić information content (AvgIpc) is 2.03. The van der Waals surface area contributed by atoms with Crippen molar-refractivity contribution in [3.8, 4) is 0 Å². The largest absolute Gasteiger partial charge is 0.511 e. The summed E-state index contributed by atoms with van der Waals surface area (Å²) >= 11 is 0. The van der Waals surface area contributed by atoms with Crippen molar-refractivity contribution in [2.24, 2.45) is 0 Å². The van der Waals surface area contributed by atoms with Crippen molar-refractivity contribution < 1.29 is 26.5 Å². The van der Waals surface area contributed by atoms with Gasteiger partial charge in [0.15, 0.2) is 0 Å². The van der Waals surface area contributed by atoms with Crippen LogP contribution in [0.15, 0.2) is 0 Å². The zero-order valence-corrected chi connectivity index (χ0v) is 8.16. The van der Waals surface area contributed by atoms with Crippen LogP contribution in [0.2, 0.25) is 0 Å². The molecule has 0 amide bonds. The molecule has 0 unspecified atom stereocenters. The van der Waals surface area contributed by atoms with Crippen molar-refractivity contribution >= 4 is 10.0 Å². The van der Waals surface area contributed by atoms with Crippen LogP contribution >= 0.6 is 0 Å². The number of alkyl halides is 3. The molecule has 0 bridgehead atoms. The van der Waals surface area contributed by atoms with E-state index in [-0.39, 0.29) is 13.1 Å². The van der Waals surface area contributed by atoms with Crippen LogP contribution in [0.3, 0.4) is 0 Å². The molecule has 1 aliphatic rings. The second kappa shape index (κ2) is 3.67. The number of hydrogen-bond donors (Lipinski definition) is 1. The standard InChI is InChI=1S/C6H11F3N2O2S/c1-10-2-4-11(5-3-10)14(12,13)6(7,8)9/h10H,1-5H2. The smallest absolute Gasteiger partial charge is 0.466 e. The molecule has 8 heteroatoms. The van der Waals surface area contributed by atoms with E-state index in [4.69, 9.17) is 0 Å². The average molecular weight is 232 g/mol. The molecule has 14 heavy (non-hydrogen) atoms. The van der Waals surface area contributed by atoms with Crippen LogP contribution in [-0.4, -0.2) is 44.4 Å². The first-order chi connectivity index (χ1) is 6.25. The van der Waals surface area contributed by atoms with Crippen LogP contribution in [0.4, 0.5) is 13.2 Å². The zero-order chi connectivity index (χ0) is 11.0. The molecule has 0 radical (unpaired) electrons. The number of nitrogens with zero attached hydrogens (tertiary/aromatic N) is 1. The van der Waals surface area contributed by atoms with Crippen molar-refractivity contribution in [2.75, 3.05) is 26.2 Å². The van der Waals surface area contributed by atoms with Gasteiger partial charge in [-0.05, 0) is 0 Å². The van der Waals surface area contributed by atoms with Gasteiger partial charge in [-0.1, -0.05) is 0 Å². The van der Waals surface area contributed by atoms with Crippen LogP contribution in [-0.2, 0) is 10.0 Å². The number of quaternary nitrogens is 1. The van der Waals surface area contributed by atoms with Crippen molar-refractivity contribution in [3.63, 3.8) is 0 Å². The van der Waals surface area contributed by atoms with Gasteiger partial charge in [0.2, 0.25) is 0 Å². The lowest BCUT2D eigenvalue weighted by Gasteiger charge is -2.33. The van der Waals surface area contributed by atoms with Crippen molar-refractivity contribution in [2.45, 2.75) is 5.51 Å². The first kappa shape index (κ1) is 11.7. The Morgan fingerprint density at radius 2 is 1.64 bits per heavy atom. The Kier molecular flexibility index (Phi) is 3.07. The maximum absolute atomic E-state index is 12.1. The number of sulfonamides is 1. The van der Waals surface area contributed by atoms with Gasteiger partial charge in [-0.25, -0.2) is 8.42 Å². The van der Waals surface area contributed by atoms with Gasteiger partial charge in [-0.2, -0.15) is 24.5 Å². The first-order valence-electron chi connectivity index (χ1n) is 3.98. The second-order valence-electron chi connectivity index (χ2n) is 3.10. The van der Waals surface area contributed by atoms with E-state index in [9.17, 15) is 21.6 Å². The molecular weight excluding hydrogens is 221 g/mol. The fraction of sp³-hybridized carbons (Fsp3) is 0.833. The number of nitrogens with one attached hydrogen (secondary N) is 1. The van der Waals surface area contributed by atoms with Crippen LogP contribution in [0.1, 0.15) is 0 Å². The van der Waals surface area contributed by atoms with Gasteiger partial charge in [0.25, 0.3) is 0 Å². The summed E-state index contributed by atoms with van der Waals surface area (Å²) in [5, 5.41) is 0. The number of piperazine rings is 1. The highest BCUT2D eigenvalue weighted by molar-refractivity contribution is 7.90. The molecule has 1 aliphatic heterocycles. The predicted molar refractivity (Wildman–Crippen MR) is 42.6 cm³/mol. The van der Waals surface area contributed by atoms with Crippen LogP contribution in [0, 0.1) is 7.05 Å². The Morgan fingerprint density at radius 1 is 1.21 bits per heavy atom. The Morgan fingerprint density at radius 3 is 2.00 bits per heavy atom. The fourth-order valence-corrected chi connectivity index (χ4v) is 2.15. The van der Waals surface area contributed by atoms with Gasteiger partial charge < -0.3 is 4.90 Å². The molecule has 0 aromatic heterocycles. The summed E-state index contributed by atoms with van der Waals surface area (Å²) in [4.78, 5) is 0.790.